The van der Waals surface area contributed by atoms with Crippen LogP contribution < -0.4 is 5.73 Å². The van der Waals surface area contributed by atoms with Crippen LogP contribution in [0.4, 0.5) is 0 Å². The molecule has 0 heterocycles. The van der Waals surface area contributed by atoms with Crippen molar-refractivity contribution in [3.8, 4) is 5.75 Å². The first-order valence-electron chi connectivity index (χ1n) is 4.16. The minimum absolute atomic E-state index is 0.0462. The van der Waals surface area contributed by atoms with E-state index < -0.39 is 12.0 Å². The maximum absolute atomic E-state index is 10.5. The normalized spacial score (nSPS) is 12.4. The van der Waals surface area contributed by atoms with Crippen LogP contribution in [0.15, 0.2) is 23.1 Å². The van der Waals surface area contributed by atoms with E-state index in [4.69, 9.17) is 15.4 Å². The number of nitrogens with two attached hydrogens (primary N) is 1. The van der Waals surface area contributed by atoms with E-state index in [1.807, 2.05) is 0 Å². The highest BCUT2D eigenvalue weighted by molar-refractivity contribution is 7.93. The molecule has 0 aliphatic rings. The Morgan fingerprint density at radius 3 is 2.73 bits per heavy atom. The van der Waals surface area contributed by atoms with Crippen molar-refractivity contribution in [1.82, 2.24) is 0 Å². The zero-order valence-electron chi connectivity index (χ0n) is 7.75. The highest BCUT2D eigenvalue weighted by Gasteiger charge is 2.13. The molecule has 0 fully saturated rings. The van der Waals surface area contributed by atoms with Gasteiger partial charge in [-0.1, -0.05) is 6.07 Å². The Morgan fingerprint density at radius 2 is 2.20 bits per heavy atom. The first-order chi connectivity index (χ1) is 7.04. The van der Waals surface area contributed by atoms with Gasteiger partial charge >= 0.3 is 5.97 Å². The van der Waals surface area contributed by atoms with Gasteiger partial charge in [-0.15, -0.1) is 0 Å². The molecule has 0 spiro atoms. The summed E-state index contributed by atoms with van der Waals surface area (Å²) in [4.78, 5) is 10.8. The van der Waals surface area contributed by atoms with Crippen LogP contribution in [0.3, 0.4) is 0 Å². The summed E-state index contributed by atoms with van der Waals surface area (Å²) in [5, 5.41) is 17.8. The topological polar surface area (TPSA) is 104 Å². The van der Waals surface area contributed by atoms with Crippen molar-refractivity contribution in [3.63, 3.8) is 0 Å². The van der Waals surface area contributed by atoms with Crippen molar-refractivity contribution in [3.05, 3.63) is 23.8 Å². The molecular formula is C9H11NO4S. The van der Waals surface area contributed by atoms with Crippen LogP contribution in [-0.4, -0.2) is 26.8 Å². The number of hydrogen-bond acceptors (Lipinski definition) is 5. The first kappa shape index (κ1) is 11.8. The number of rotatable bonds is 4. The summed E-state index contributed by atoms with van der Waals surface area (Å²) < 4.78 is 8.80. The number of carbonyl (C=O) groups is 1. The third-order valence-electron chi connectivity index (χ3n) is 1.90. The lowest BCUT2D eigenvalue weighted by Gasteiger charge is -2.08. The van der Waals surface area contributed by atoms with Gasteiger partial charge in [0.2, 0.25) is 0 Å². The summed E-state index contributed by atoms with van der Waals surface area (Å²) in [7, 11) is 0. The van der Waals surface area contributed by atoms with E-state index in [-0.39, 0.29) is 17.1 Å². The van der Waals surface area contributed by atoms with Crippen LogP contribution in [-0.2, 0) is 11.2 Å². The third-order valence-corrected chi connectivity index (χ3v) is 2.42. The van der Waals surface area contributed by atoms with Gasteiger partial charge < -0.3 is 20.5 Å². The smallest absolute Gasteiger partial charge is 0.320 e. The first-order valence-corrected chi connectivity index (χ1v) is 4.93. The summed E-state index contributed by atoms with van der Waals surface area (Å²) in [5.74, 6) is -1.13. The second-order valence-corrected chi connectivity index (χ2v) is 3.66. The molecule has 1 aromatic carbocycles. The molecule has 1 rings (SSSR count). The average Bonchev–Trinajstić information content (AvgIpc) is 2.20. The van der Waals surface area contributed by atoms with Gasteiger partial charge in [-0.25, -0.2) is 0 Å². The fraction of sp³-hybridized carbons (Fsp3) is 0.222. The van der Waals surface area contributed by atoms with Crippen LogP contribution >= 0.6 is 12.0 Å². The molecule has 0 saturated carbocycles. The van der Waals surface area contributed by atoms with E-state index in [1.165, 1.54) is 12.1 Å². The van der Waals surface area contributed by atoms with Crippen molar-refractivity contribution in [2.24, 2.45) is 5.73 Å². The molecule has 5 nitrogen and oxygen atoms in total. The Hall–Kier alpha value is -1.24. The highest BCUT2D eigenvalue weighted by atomic mass is 32.2. The maximum atomic E-state index is 10.5. The molecule has 0 aliphatic carbocycles. The number of benzene rings is 1. The maximum Gasteiger partial charge on any atom is 0.320 e. The van der Waals surface area contributed by atoms with Crippen LogP contribution in [0.25, 0.3) is 0 Å². The molecule has 5 N–H and O–H groups in total. The van der Waals surface area contributed by atoms with Crippen LogP contribution in [0, 0.1) is 0 Å². The van der Waals surface area contributed by atoms with Gasteiger partial charge in [-0.2, -0.15) is 0 Å². The SMILES string of the molecule is NC(Cc1ccc(O)c(SO)c1)C(=O)O. The Kier molecular flexibility index (Phi) is 3.96. The molecule has 1 atom stereocenters. The number of phenols is 1. The Balaban J connectivity index is 2.83. The van der Waals surface area contributed by atoms with E-state index in [1.54, 1.807) is 6.07 Å². The average molecular weight is 229 g/mol. The Labute approximate surface area is 90.7 Å². The van der Waals surface area contributed by atoms with Gasteiger partial charge in [-0.3, -0.25) is 4.79 Å². The number of aliphatic carboxylic acids is 1. The number of carboxylic acid groups (broad SMARTS) is 1. The van der Waals surface area contributed by atoms with Crippen LogP contribution in [0.2, 0.25) is 0 Å². The summed E-state index contributed by atoms with van der Waals surface area (Å²) >= 11 is 0.407. The van der Waals surface area contributed by atoms with E-state index in [0.29, 0.717) is 17.6 Å². The molecule has 1 unspecified atom stereocenters. The second kappa shape index (κ2) is 5.01. The fourth-order valence-corrected chi connectivity index (χ4v) is 1.47. The summed E-state index contributed by atoms with van der Waals surface area (Å²) in [6.07, 6.45) is 0.156. The molecule has 1 aromatic rings. The fourth-order valence-electron chi connectivity index (χ4n) is 1.10. The second-order valence-electron chi connectivity index (χ2n) is 3.04. The predicted octanol–water partition coefficient (Wildman–Crippen LogP) is 0.912. The quantitative estimate of drug-likeness (QED) is 0.572. The zero-order chi connectivity index (χ0) is 11.4. The lowest BCUT2D eigenvalue weighted by Crippen LogP contribution is -2.32. The lowest BCUT2D eigenvalue weighted by atomic mass is 10.1. The molecule has 0 aliphatic heterocycles. The standard InChI is InChI=1S/C9H11NO4S/c10-6(9(12)13)3-5-1-2-7(11)8(4-5)15-14/h1-2,4,6,11,14H,3,10H2,(H,12,13). The largest absolute Gasteiger partial charge is 0.507 e. The van der Waals surface area contributed by atoms with Crippen molar-refractivity contribution in [2.45, 2.75) is 17.4 Å². The minimum Gasteiger partial charge on any atom is -0.507 e. The van der Waals surface area contributed by atoms with Crippen LogP contribution in [0.5, 0.6) is 5.75 Å². The molecule has 0 aromatic heterocycles. The molecule has 0 bridgehead atoms. The van der Waals surface area contributed by atoms with Gasteiger partial charge in [-0.05, 0) is 24.1 Å². The van der Waals surface area contributed by atoms with Gasteiger partial charge in [0.15, 0.2) is 0 Å². The van der Waals surface area contributed by atoms with Crippen molar-refractivity contribution < 1.29 is 19.6 Å². The summed E-state index contributed by atoms with van der Waals surface area (Å²) in [6, 6.07) is 3.48. The van der Waals surface area contributed by atoms with Crippen molar-refractivity contribution in [2.75, 3.05) is 0 Å². The molecule has 0 amide bonds. The molecule has 6 heteroatoms. The number of aromatic hydroxyl groups is 1. The monoisotopic (exact) mass is 229 g/mol. The van der Waals surface area contributed by atoms with Crippen molar-refractivity contribution >= 4 is 18.0 Å². The third kappa shape index (κ3) is 3.12. The summed E-state index contributed by atoms with van der Waals surface area (Å²) in [6.45, 7) is 0. The Morgan fingerprint density at radius 1 is 1.53 bits per heavy atom. The molecule has 82 valence electrons. The predicted molar refractivity (Wildman–Crippen MR) is 55.9 cm³/mol. The van der Waals surface area contributed by atoms with Gasteiger partial charge in [0.05, 0.1) is 4.90 Å². The van der Waals surface area contributed by atoms with Gasteiger partial charge in [0.25, 0.3) is 0 Å². The number of hydrogen-bond donors (Lipinski definition) is 4. The lowest BCUT2D eigenvalue weighted by molar-refractivity contribution is -0.138. The molecule has 0 radical (unpaired) electrons. The van der Waals surface area contributed by atoms with Gasteiger partial charge in [0.1, 0.15) is 11.8 Å². The van der Waals surface area contributed by atoms with E-state index in [9.17, 15) is 9.90 Å². The molecule has 15 heavy (non-hydrogen) atoms. The molecular weight excluding hydrogens is 218 g/mol. The molecule has 0 saturated heterocycles. The van der Waals surface area contributed by atoms with Crippen LogP contribution in [0.1, 0.15) is 5.56 Å². The number of carboxylic acids is 1. The number of phenolic OH excluding ortho intramolecular Hbond substituents is 1. The zero-order valence-corrected chi connectivity index (χ0v) is 8.57. The van der Waals surface area contributed by atoms with E-state index in [2.05, 4.69) is 0 Å². The highest BCUT2D eigenvalue weighted by Crippen LogP contribution is 2.27. The van der Waals surface area contributed by atoms with E-state index in [0.717, 1.165) is 0 Å². The minimum atomic E-state index is -1.08. The van der Waals surface area contributed by atoms with Gasteiger partial charge in [0, 0.05) is 12.0 Å². The van der Waals surface area contributed by atoms with E-state index >= 15 is 0 Å². The summed E-state index contributed by atoms with van der Waals surface area (Å²) in [5.41, 5.74) is 6.00. The van der Waals surface area contributed by atoms with Crippen molar-refractivity contribution in [1.29, 1.82) is 0 Å². The Bertz CT molecular complexity index is 369.